The average Bonchev–Trinajstić information content (AvgIpc) is 2.98. The number of amides is 1. The molecule has 1 heterocycles. The summed E-state index contributed by atoms with van der Waals surface area (Å²) in [6.07, 6.45) is 1.09. The number of hydrogen-bond acceptors (Lipinski definition) is 5. The van der Waals surface area contributed by atoms with Gasteiger partial charge in [0.1, 0.15) is 12.4 Å². The molecule has 2 aromatic rings. The molecule has 3 N–H and O–H groups in total. The van der Waals surface area contributed by atoms with Crippen LogP contribution in [0.5, 0.6) is 5.75 Å². The van der Waals surface area contributed by atoms with Crippen molar-refractivity contribution in [3.05, 3.63) is 40.8 Å². The second kappa shape index (κ2) is 9.33. The number of aromatic nitrogens is 1. The first-order valence-corrected chi connectivity index (χ1v) is 7.32. The summed E-state index contributed by atoms with van der Waals surface area (Å²) in [4.78, 5) is 15.9. The highest BCUT2D eigenvalue weighted by Gasteiger charge is 2.04. The van der Waals surface area contributed by atoms with Crippen LogP contribution >= 0.6 is 23.7 Å². The normalized spacial score (nSPS) is 9.76. The van der Waals surface area contributed by atoms with E-state index in [0.29, 0.717) is 26.0 Å². The molecular weight excluding hydrogens is 310 g/mol. The van der Waals surface area contributed by atoms with Gasteiger partial charge in [0.05, 0.1) is 11.2 Å². The summed E-state index contributed by atoms with van der Waals surface area (Å²) in [5.74, 6) is 0.726. The van der Waals surface area contributed by atoms with Gasteiger partial charge in [-0.25, -0.2) is 4.98 Å². The van der Waals surface area contributed by atoms with E-state index < -0.39 is 0 Å². The van der Waals surface area contributed by atoms with Crippen LogP contribution in [-0.2, 0) is 11.2 Å². The van der Waals surface area contributed by atoms with Crippen molar-refractivity contribution in [3.63, 3.8) is 0 Å². The Kier molecular flexibility index (Phi) is 7.74. The highest BCUT2D eigenvalue weighted by atomic mass is 35.5. The van der Waals surface area contributed by atoms with Gasteiger partial charge in [0, 0.05) is 24.0 Å². The lowest BCUT2D eigenvalue weighted by Crippen LogP contribution is -2.12. The van der Waals surface area contributed by atoms with Gasteiger partial charge in [0.2, 0.25) is 5.91 Å². The number of nitrogens with zero attached hydrogens (tertiary/aromatic N) is 1. The van der Waals surface area contributed by atoms with Crippen molar-refractivity contribution in [1.82, 2.24) is 4.98 Å². The first-order chi connectivity index (χ1) is 9.78. The van der Waals surface area contributed by atoms with Gasteiger partial charge in [-0.3, -0.25) is 4.79 Å². The maximum Gasteiger partial charge on any atom is 0.224 e. The number of hydrogen-bond donors (Lipinski definition) is 2. The molecule has 0 bridgehead atoms. The number of thiazole rings is 1. The van der Waals surface area contributed by atoms with Crippen LogP contribution in [0.2, 0.25) is 0 Å². The lowest BCUT2D eigenvalue weighted by molar-refractivity contribution is -0.116. The van der Waals surface area contributed by atoms with Gasteiger partial charge in [-0.05, 0) is 30.7 Å². The van der Waals surface area contributed by atoms with E-state index in [0.717, 1.165) is 17.1 Å². The third-order valence-electron chi connectivity index (χ3n) is 2.62. The molecule has 0 atom stereocenters. The summed E-state index contributed by atoms with van der Waals surface area (Å²) in [5, 5.41) is 4.80. The largest absolute Gasteiger partial charge is 0.492 e. The van der Waals surface area contributed by atoms with Crippen LogP contribution in [0.3, 0.4) is 0 Å². The highest BCUT2D eigenvalue weighted by molar-refractivity contribution is 7.07. The van der Waals surface area contributed by atoms with E-state index in [-0.39, 0.29) is 18.3 Å². The summed E-state index contributed by atoms with van der Waals surface area (Å²) in [5.41, 5.74) is 8.84. The molecule has 0 aliphatic rings. The summed E-state index contributed by atoms with van der Waals surface area (Å²) in [7, 11) is 0. The Labute approximate surface area is 133 Å². The second-order valence-electron chi connectivity index (χ2n) is 4.19. The molecule has 0 spiro atoms. The Morgan fingerprint density at radius 1 is 1.33 bits per heavy atom. The standard InChI is InChI=1S/C14H17N3O2S.ClH/c15-7-8-19-13-4-1-11(2-5-13)17-14(18)6-3-12-9-20-10-16-12;/h1-2,4-5,9-10H,3,6-8,15H2,(H,17,18);1H. The smallest absolute Gasteiger partial charge is 0.224 e. The van der Waals surface area contributed by atoms with Crippen molar-refractivity contribution in [2.24, 2.45) is 5.73 Å². The van der Waals surface area contributed by atoms with Gasteiger partial charge in [-0.15, -0.1) is 23.7 Å². The molecule has 1 aromatic heterocycles. The number of halogens is 1. The number of nitrogens with two attached hydrogens (primary N) is 1. The molecule has 2 rings (SSSR count). The third kappa shape index (κ3) is 6.12. The fraction of sp³-hybridized carbons (Fsp3) is 0.286. The first kappa shape index (κ1) is 17.4. The number of anilines is 1. The first-order valence-electron chi connectivity index (χ1n) is 6.38. The Morgan fingerprint density at radius 2 is 2.10 bits per heavy atom. The van der Waals surface area contributed by atoms with Gasteiger partial charge in [0.25, 0.3) is 0 Å². The molecule has 1 aromatic carbocycles. The number of nitrogens with one attached hydrogen (secondary N) is 1. The topological polar surface area (TPSA) is 77.2 Å². The number of aryl methyl sites for hydroxylation is 1. The summed E-state index contributed by atoms with van der Waals surface area (Å²) < 4.78 is 5.37. The van der Waals surface area contributed by atoms with E-state index in [1.807, 2.05) is 29.6 Å². The summed E-state index contributed by atoms with van der Waals surface area (Å²) >= 11 is 1.54. The van der Waals surface area contributed by atoms with E-state index in [1.54, 1.807) is 5.51 Å². The molecule has 0 aliphatic carbocycles. The lowest BCUT2D eigenvalue weighted by atomic mass is 10.2. The minimum atomic E-state index is -0.0198. The van der Waals surface area contributed by atoms with Crippen LogP contribution in [0.1, 0.15) is 12.1 Å². The maximum atomic E-state index is 11.8. The Balaban J connectivity index is 0.00000220. The van der Waals surface area contributed by atoms with Crippen LogP contribution in [0.15, 0.2) is 35.2 Å². The summed E-state index contributed by atoms with van der Waals surface area (Å²) in [6.45, 7) is 0.967. The second-order valence-corrected chi connectivity index (χ2v) is 4.91. The number of carbonyl (C=O) groups excluding carboxylic acids is 1. The number of benzene rings is 1. The molecule has 0 aliphatic heterocycles. The van der Waals surface area contributed by atoms with E-state index in [2.05, 4.69) is 10.3 Å². The Bertz CT molecular complexity index is 532. The summed E-state index contributed by atoms with van der Waals surface area (Å²) in [6, 6.07) is 7.25. The molecule has 0 saturated carbocycles. The SMILES string of the molecule is Cl.NCCOc1ccc(NC(=O)CCc2cscn2)cc1. The van der Waals surface area contributed by atoms with E-state index in [1.165, 1.54) is 11.3 Å². The van der Waals surface area contributed by atoms with Crippen LogP contribution in [0.4, 0.5) is 5.69 Å². The number of carbonyl (C=O) groups is 1. The number of rotatable bonds is 7. The minimum absolute atomic E-state index is 0. The predicted molar refractivity (Wildman–Crippen MR) is 87.3 cm³/mol. The molecular formula is C14H18ClN3O2S. The average molecular weight is 328 g/mol. The Morgan fingerprint density at radius 3 is 2.71 bits per heavy atom. The van der Waals surface area contributed by atoms with Crippen molar-refractivity contribution in [2.75, 3.05) is 18.5 Å². The van der Waals surface area contributed by atoms with E-state index in [9.17, 15) is 4.79 Å². The molecule has 5 nitrogen and oxygen atoms in total. The quantitative estimate of drug-likeness (QED) is 0.819. The van der Waals surface area contributed by atoms with Crippen LogP contribution in [-0.4, -0.2) is 24.0 Å². The van der Waals surface area contributed by atoms with Crippen molar-refractivity contribution in [1.29, 1.82) is 0 Å². The zero-order valence-corrected chi connectivity index (χ0v) is 13.1. The van der Waals surface area contributed by atoms with Crippen LogP contribution in [0, 0.1) is 0 Å². The van der Waals surface area contributed by atoms with Gasteiger partial charge in [0.15, 0.2) is 0 Å². The molecule has 0 fully saturated rings. The third-order valence-corrected chi connectivity index (χ3v) is 3.25. The lowest BCUT2D eigenvalue weighted by Gasteiger charge is -2.07. The van der Waals surface area contributed by atoms with Crippen molar-refractivity contribution in [3.8, 4) is 5.75 Å². The van der Waals surface area contributed by atoms with Crippen LogP contribution < -0.4 is 15.8 Å². The number of ether oxygens (including phenoxy) is 1. The molecule has 0 saturated heterocycles. The fourth-order valence-corrected chi connectivity index (χ4v) is 2.23. The van der Waals surface area contributed by atoms with Crippen molar-refractivity contribution in [2.45, 2.75) is 12.8 Å². The monoisotopic (exact) mass is 327 g/mol. The van der Waals surface area contributed by atoms with Gasteiger partial charge < -0.3 is 15.8 Å². The zero-order chi connectivity index (χ0) is 14.2. The predicted octanol–water partition coefficient (Wildman–Crippen LogP) is 2.47. The van der Waals surface area contributed by atoms with Gasteiger partial charge in [-0.2, -0.15) is 0 Å². The molecule has 1 amide bonds. The van der Waals surface area contributed by atoms with E-state index >= 15 is 0 Å². The molecule has 7 heteroatoms. The fourth-order valence-electron chi connectivity index (χ4n) is 1.64. The maximum absolute atomic E-state index is 11.8. The van der Waals surface area contributed by atoms with Crippen molar-refractivity contribution >= 4 is 35.3 Å². The molecule has 21 heavy (non-hydrogen) atoms. The van der Waals surface area contributed by atoms with Gasteiger partial charge in [-0.1, -0.05) is 0 Å². The minimum Gasteiger partial charge on any atom is -0.492 e. The van der Waals surface area contributed by atoms with E-state index in [4.69, 9.17) is 10.5 Å². The van der Waals surface area contributed by atoms with Crippen molar-refractivity contribution < 1.29 is 9.53 Å². The highest BCUT2D eigenvalue weighted by Crippen LogP contribution is 2.16. The molecule has 114 valence electrons. The Hall–Kier alpha value is -1.63. The van der Waals surface area contributed by atoms with Gasteiger partial charge >= 0.3 is 0 Å². The molecule has 0 unspecified atom stereocenters. The molecule has 0 radical (unpaired) electrons. The van der Waals surface area contributed by atoms with Crippen LogP contribution in [0.25, 0.3) is 0 Å². The zero-order valence-electron chi connectivity index (χ0n) is 11.5.